The van der Waals surface area contributed by atoms with Gasteiger partial charge in [-0.25, -0.2) is 5.48 Å². The molecule has 0 saturated heterocycles. The zero-order chi connectivity index (χ0) is 15.9. The molecule has 1 aromatic heterocycles. The van der Waals surface area contributed by atoms with Crippen LogP contribution in [0.25, 0.3) is 6.08 Å². The highest BCUT2D eigenvalue weighted by atomic mass is 16.5. The lowest BCUT2D eigenvalue weighted by Crippen LogP contribution is -2.58. The van der Waals surface area contributed by atoms with E-state index in [-0.39, 0.29) is 0 Å². The number of hydrogen-bond donors (Lipinski definition) is 3. The summed E-state index contributed by atoms with van der Waals surface area (Å²) in [6, 6.07) is 3.79. The van der Waals surface area contributed by atoms with Crippen molar-refractivity contribution < 1.29 is 14.4 Å². The highest BCUT2D eigenvalue weighted by Crippen LogP contribution is 2.55. The molecule has 4 bridgehead atoms. The van der Waals surface area contributed by atoms with Crippen LogP contribution < -0.4 is 10.8 Å². The van der Waals surface area contributed by atoms with Gasteiger partial charge in [0.25, 0.3) is 5.91 Å². The molecule has 0 aromatic carbocycles. The predicted molar refractivity (Wildman–Crippen MR) is 85.4 cm³/mol. The second kappa shape index (κ2) is 5.80. The van der Waals surface area contributed by atoms with E-state index in [4.69, 9.17) is 9.62 Å². The molecule has 23 heavy (non-hydrogen) atoms. The number of carbonyl (C=O) groups excluding carboxylic acids is 1. The normalized spacial score (nSPS) is 35.1. The Kier molecular flexibility index (Phi) is 3.77. The molecule has 4 fully saturated rings. The van der Waals surface area contributed by atoms with E-state index in [9.17, 15) is 4.79 Å². The van der Waals surface area contributed by atoms with Crippen LogP contribution in [0.1, 0.15) is 50.0 Å². The lowest BCUT2D eigenvalue weighted by Gasteiger charge is -2.57. The van der Waals surface area contributed by atoms with Crippen LogP contribution in [0.5, 0.6) is 0 Å². The standard InChI is InChI=1S/C18H24N2O3/c21-17(20-22)4-3-15-1-2-16(23-15)11-19-18-8-12-5-13(9-18)7-14(6-12)10-18/h1-4,12-14,19,22H,5-11H2,(H,20,21)/b4-3+. The molecule has 4 aliphatic rings. The molecule has 0 aliphatic heterocycles. The second-order valence-electron chi connectivity index (χ2n) is 7.66. The molecule has 4 aliphatic carbocycles. The predicted octanol–water partition coefficient (Wildman–Crippen LogP) is 2.86. The molecular formula is C18H24N2O3. The van der Waals surface area contributed by atoms with Crippen molar-refractivity contribution in [3.63, 3.8) is 0 Å². The number of hydroxylamine groups is 1. The van der Waals surface area contributed by atoms with Gasteiger partial charge in [0.1, 0.15) is 11.5 Å². The number of nitrogens with one attached hydrogen (secondary N) is 2. The molecule has 5 rings (SSSR count). The third-order valence-electron chi connectivity index (χ3n) is 5.87. The van der Waals surface area contributed by atoms with E-state index in [1.54, 1.807) is 11.6 Å². The van der Waals surface area contributed by atoms with Gasteiger partial charge in [0.15, 0.2) is 0 Å². The lowest BCUT2D eigenvalue weighted by molar-refractivity contribution is -0.124. The van der Waals surface area contributed by atoms with Crippen LogP contribution in [0.2, 0.25) is 0 Å². The Morgan fingerprint density at radius 1 is 1.22 bits per heavy atom. The molecule has 0 unspecified atom stereocenters. The van der Waals surface area contributed by atoms with Crippen molar-refractivity contribution in [1.82, 2.24) is 10.8 Å². The fraction of sp³-hybridized carbons (Fsp3) is 0.611. The van der Waals surface area contributed by atoms with Gasteiger partial charge in [-0.1, -0.05) is 0 Å². The van der Waals surface area contributed by atoms with Gasteiger partial charge in [-0.2, -0.15) is 0 Å². The molecular weight excluding hydrogens is 292 g/mol. The summed E-state index contributed by atoms with van der Waals surface area (Å²) in [6.07, 6.45) is 11.1. The molecule has 5 heteroatoms. The summed E-state index contributed by atoms with van der Waals surface area (Å²) in [4.78, 5) is 11.0. The molecule has 5 nitrogen and oxygen atoms in total. The van der Waals surface area contributed by atoms with E-state index >= 15 is 0 Å². The van der Waals surface area contributed by atoms with Crippen LogP contribution in [-0.2, 0) is 11.3 Å². The Labute approximate surface area is 136 Å². The number of rotatable bonds is 5. The van der Waals surface area contributed by atoms with Crippen LogP contribution in [0.3, 0.4) is 0 Å². The first-order chi connectivity index (χ1) is 11.1. The Bertz CT molecular complexity index is 584. The van der Waals surface area contributed by atoms with Gasteiger partial charge >= 0.3 is 0 Å². The van der Waals surface area contributed by atoms with Gasteiger partial charge in [-0.3, -0.25) is 10.0 Å². The van der Waals surface area contributed by atoms with Gasteiger partial charge in [-0.05, 0) is 74.5 Å². The van der Waals surface area contributed by atoms with Gasteiger partial charge < -0.3 is 9.73 Å². The van der Waals surface area contributed by atoms with Gasteiger partial charge in [-0.15, -0.1) is 0 Å². The number of furan rings is 1. The van der Waals surface area contributed by atoms with E-state index < -0.39 is 5.91 Å². The summed E-state index contributed by atoms with van der Waals surface area (Å²) < 4.78 is 5.73. The topological polar surface area (TPSA) is 74.5 Å². The van der Waals surface area contributed by atoms with Crippen LogP contribution in [0, 0.1) is 17.8 Å². The monoisotopic (exact) mass is 316 g/mol. The molecule has 0 spiro atoms. The molecule has 0 atom stereocenters. The summed E-state index contributed by atoms with van der Waals surface area (Å²) >= 11 is 0. The first kappa shape index (κ1) is 15.0. The van der Waals surface area contributed by atoms with E-state index in [0.29, 0.717) is 11.3 Å². The summed E-state index contributed by atoms with van der Waals surface area (Å²) in [5, 5.41) is 12.3. The number of hydrogen-bond acceptors (Lipinski definition) is 4. The first-order valence-corrected chi connectivity index (χ1v) is 8.60. The Morgan fingerprint density at radius 2 is 1.87 bits per heavy atom. The average molecular weight is 316 g/mol. The van der Waals surface area contributed by atoms with Gasteiger partial charge in [0, 0.05) is 11.6 Å². The fourth-order valence-corrected chi connectivity index (χ4v) is 5.38. The third-order valence-corrected chi connectivity index (χ3v) is 5.87. The minimum absolute atomic E-state index is 0.328. The molecule has 4 saturated carbocycles. The van der Waals surface area contributed by atoms with E-state index in [2.05, 4.69) is 5.32 Å². The van der Waals surface area contributed by atoms with E-state index in [1.165, 1.54) is 44.6 Å². The van der Waals surface area contributed by atoms with Crippen molar-refractivity contribution in [3.8, 4) is 0 Å². The maximum absolute atomic E-state index is 11.0. The van der Waals surface area contributed by atoms with Crippen LogP contribution in [0.4, 0.5) is 0 Å². The zero-order valence-corrected chi connectivity index (χ0v) is 13.3. The second-order valence-corrected chi connectivity index (χ2v) is 7.66. The van der Waals surface area contributed by atoms with Gasteiger partial charge in [0.2, 0.25) is 0 Å². The molecule has 1 amide bonds. The quantitative estimate of drug-likeness (QED) is 0.444. The summed E-state index contributed by atoms with van der Waals surface area (Å²) in [6.45, 7) is 0.742. The highest BCUT2D eigenvalue weighted by Gasteiger charge is 2.50. The zero-order valence-electron chi connectivity index (χ0n) is 13.3. The molecule has 0 radical (unpaired) electrons. The Morgan fingerprint density at radius 3 is 2.48 bits per heavy atom. The largest absolute Gasteiger partial charge is 0.460 e. The minimum atomic E-state index is -0.561. The third kappa shape index (κ3) is 3.08. The van der Waals surface area contributed by atoms with E-state index in [0.717, 1.165) is 30.1 Å². The van der Waals surface area contributed by atoms with Crippen molar-refractivity contribution in [3.05, 3.63) is 29.7 Å². The molecule has 124 valence electrons. The van der Waals surface area contributed by atoms with Crippen molar-refractivity contribution in [2.75, 3.05) is 0 Å². The lowest BCUT2D eigenvalue weighted by atomic mass is 9.53. The summed E-state index contributed by atoms with van der Waals surface area (Å²) in [7, 11) is 0. The van der Waals surface area contributed by atoms with Crippen LogP contribution >= 0.6 is 0 Å². The van der Waals surface area contributed by atoms with Crippen LogP contribution in [-0.4, -0.2) is 16.7 Å². The summed E-state index contributed by atoms with van der Waals surface area (Å²) in [5.41, 5.74) is 1.89. The van der Waals surface area contributed by atoms with Crippen molar-refractivity contribution >= 4 is 12.0 Å². The molecule has 1 heterocycles. The Balaban J connectivity index is 1.37. The molecule has 3 N–H and O–H groups in total. The summed E-state index contributed by atoms with van der Waals surface area (Å²) in [5.74, 6) is 3.75. The minimum Gasteiger partial charge on any atom is -0.460 e. The van der Waals surface area contributed by atoms with Crippen molar-refractivity contribution in [2.45, 2.75) is 50.6 Å². The fourth-order valence-electron chi connectivity index (χ4n) is 5.38. The maximum atomic E-state index is 11.0. The average Bonchev–Trinajstić information content (AvgIpc) is 2.97. The van der Waals surface area contributed by atoms with E-state index in [1.807, 2.05) is 12.1 Å². The molecule has 1 aromatic rings. The highest BCUT2D eigenvalue weighted by molar-refractivity contribution is 5.90. The SMILES string of the molecule is O=C(/C=C/c1ccc(CNC23CC4CC(CC(C4)C2)C3)o1)NO. The first-order valence-electron chi connectivity index (χ1n) is 8.60. The van der Waals surface area contributed by atoms with Gasteiger partial charge in [0.05, 0.1) is 6.54 Å². The Hall–Kier alpha value is -1.59. The van der Waals surface area contributed by atoms with Crippen LogP contribution in [0.15, 0.2) is 22.6 Å². The smallest absolute Gasteiger partial charge is 0.267 e. The number of carbonyl (C=O) groups is 1. The van der Waals surface area contributed by atoms with Crippen molar-refractivity contribution in [2.24, 2.45) is 17.8 Å². The number of amides is 1. The maximum Gasteiger partial charge on any atom is 0.267 e. The van der Waals surface area contributed by atoms with Crippen molar-refractivity contribution in [1.29, 1.82) is 0 Å².